The molecule has 0 radical (unpaired) electrons. The van der Waals surface area contributed by atoms with E-state index in [1.165, 1.54) is 5.56 Å². The summed E-state index contributed by atoms with van der Waals surface area (Å²) in [5.74, 6) is -0.142. The number of para-hydroxylation sites is 1. The molecule has 0 bridgehead atoms. The van der Waals surface area contributed by atoms with Crippen LogP contribution < -0.4 is 10.2 Å². The summed E-state index contributed by atoms with van der Waals surface area (Å²) in [4.78, 5) is 28.1. The van der Waals surface area contributed by atoms with E-state index in [1.54, 1.807) is 9.80 Å². The minimum atomic E-state index is -0.142. The first-order valence-corrected chi connectivity index (χ1v) is 8.52. The van der Waals surface area contributed by atoms with Crippen LogP contribution in [0.5, 0.6) is 0 Å². The van der Waals surface area contributed by atoms with Crippen molar-refractivity contribution in [3.05, 3.63) is 65.7 Å². The third-order valence-electron chi connectivity index (χ3n) is 4.45. The van der Waals surface area contributed by atoms with Crippen molar-refractivity contribution >= 4 is 17.6 Å². The predicted octanol–water partition coefficient (Wildman–Crippen LogP) is 3.11. The second-order valence-electron chi connectivity index (χ2n) is 6.39. The lowest BCUT2D eigenvalue weighted by molar-refractivity contribution is -0.122. The quantitative estimate of drug-likeness (QED) is 0.911. The highest BCUT2D eigenvalue weighted by Gasteiger charge is 2.30. The highest BCUT2D eigenvalue weighted by Crippen LogP contribution is 2.19. The number of aryl methyl sites for hydroxylation is 1. The molecular weight excluding hydrogens is 314 g/mol. The van der Waals surface area contributed by atoms with Crippen molar-refractivity contribution in [3.8, 4) is 0 Å². The third-order valence-corrected chi connectivity index (χ3v) is 4.45. The number of benzene rings is 2. The molecule has 0 aromatic heterocycles. The molecule has 1 atom stereocenters. The summed E-state index contributed by atoms with van der Waals surface area (Å²) in [7, 11) is 0. The summed E-state index contributed by atoms with van der Waals surface area (Å²) >= 11 is 0. The fourth-order valence-electron chi connectivity index (χ4n) is 2.98. The van der Waals surface area contributed by atoms with Gasteiger partial charge in [-0.2, -0.15) is 0 Å². The monoisotopic (exact) mass is 337 g/mol. The lowest BCUT2D eigenvalue weighted by Crippen LogP contribution is -2.40. The summed E-state index contributed by atoms with van der Waals surface area (Å²) in [6, 6.07) is 17.4. The van der Waals surface area contributed by atoms with Gasteiger partial charge in [-0.05, 0) is 31.5 Å². The highest BCUT2D eigenvalue weighted by molar-refractivity contribution is 5.96. The zero-order valence-corrected chi connectivity index (χ0v) is 14.6. The van der Waals surface area contributed by atoms with Crippen molar-refractivity contribution in [2.24, 2.45) is 0 Å². The zero-order chi connectivity index (χ0) is 17.8. The minimum Gasteiger partial charge on any atom is -0.348 e. The van der Waals surface area contributed by atoms with Crippen molar-refractivity contribution in [2.45, 2.75) is 19.9 Å². The molecule has 0 unspecified atom stereocenters. The molecule has 0 saturated carbocycles. The van der Waals surface area contributed by atoms with E-state index in [-0.39, 0.29) is 24.5 Å². The Morgan fingerprint density at radius 2 is 1.76 bits per heavy atom. The number of nitrogens with one attached hydrogen (secondary N) is 1. The molecule has 2 aromatic carbocycles. The lowest BCUT2D eigenvalue weighted by atomic mass is 10.1. The molecule has 1 fully saturated rings. The Hall–Kier alpha value is -2.82. The molecule has 1 saturated heterocycles. The SMILES string of the molecule is Cc1ccc([C@H](C)NC(=O)CN2CCN(c3ccccc3)C2=O)cc1. The van der Waals surface area contributed by atoms with E-state index in [4.69, 9.17) is 0 Å². The number of carbonyl (C=O) groups is 2. The first kappa shape index (κ1) is 17.0. The fourth-order valence-corrected chi connectivity index (χ4v) is 2.98. The van der Waals surface area contributed by atoms with Gasteiger partial charge in [0.1, 0.15) is 6.54 Å². The van der Waals surface area contributed by atoms with Crippen molar-refractivity contribution in [1.82, 2.24) is 10.2 Å². The Morgan fingerprint density at radius 3 is 2.44 bits per heavy atom. The Bertz CT molecular complexity index is 743. The molecule has 0 aliphatic carbocycles. The van der Waals surface area contributed by atoms with Crippen LogP contribution >= 0.6 is 0 Å². The zero-order valence-electron chi connectivity index (χ0n) is 14.6. The molecule has 1 N–H and O–H groups in total. The van der Waals surface area contributed by atoms with E-state index >= 15 is 0 Å². The Labute approximate surface area is 148 Å². The normalized spacial score (nSPS) is 15.4. The van der Waals surface area contributed by atoms with Gasteiger partial charge in [0.05, 0.1) is 6.04 Å². The van der Waals surface area contributed by atoms with E-state index < -0.39 is 0 Å². The first-order valence-electron chi connectivity index (χ1n) is 8.52. The van der Waals surface area contributed by atoms with Gasteiger partial charge >= 0.3 is 6.03 Å². The average molecular weight is 337 g/mol. The molecule has 1 heterocycles. The predicted molar refractivity (Wildman–Crippen MR) is 98.5 cm³/mol. The van der Waals surface area contributed by atoms with Crippen LogP contribution in [0.1, 0.15) is 24.1 Å². The number of nitrogens with zero attached hydrogens (tertiary/aromatic N) is 2. The standard InChI is InChI=1S/C20H23N3O2/c1-15-8-10-17(11-9-15)16(2)21-19(24)14-22-12-13-23(20(22)25)18-6-4-3-5-7-18/h3-11,16H,12-14H2,1-2H3,(H,21,24)/t16-/m0/s1. The van der Waals surface area contributed by atoms with Crippen molar-refractivity contribution < 1.29 is 9.59 Å². The topological polar surface area (TPSA) is 52.7 Å². The molecule has 25 heavy (non-hydrogen) atoms. The van der Waals surface area contributed by atoms with E-state index in [2.05, 4.69) is 5.32 Å². The van der Waals surface area contributed by atoms with Crippen LogP contribution in [0, 0.1) is 6.92 Å². The van der Waals surface area contributed by atoms with Crippen molar-refractivity contribution in [3.63, 3.8) is 0 Å². The van der Waals surface area contributed by atoms with E-state index in [0.717, 1.165) is 11.3 Å². The first-order chi connectivity index (χ1) is 12.0. The van der Waals surface area contributed by atoms with Crippen molar-refractivity contribution in [1.29, 1.82) is 0 Å². The molecule has 3 rings (SSSR count). The summed E-state index contributed by atoms with van der Waals surface area (Å²) < 4.78 is 0. The number of amides is 3. The molecular formula is C20H23N3O2. The van der Waals surface area contributed by atoms with Gasteiger partial charge in [0.25, 0.3) is 0 Å². The number of rotatable bonds is 5. The van der Waals surface area contributed by atoms with Crippen LogP contribution in [0.25, 0.3) is 0 Å². The van der Waals surface area contributed by atoms with Crippen LogP contribution in [0.15, 0.2) is 54.6 Å². The van der Waals surface area contributed by atoms with Crippen LogP contribution in [-0.2, 0) is 4.79 Å². The summed E-state index contributed by atoms with van der Waals surface area (Å²) in [5, 5.41) is 2.97. The summed E-state index contributed by atoms with van der Waals surface area (Å²) in [6.45, 7) is 5.22. The van der Waals surface area contributed by atoms with Crippen LogP contribution in [0.3, 0.4) is 0 Å². The number of hydrogen-bond donors (Lipinski definition) is 1. The maximum Gasteiger partial charge on any atom is 0.325 e. The van der Waals surface area contributed by atoms with E-state index in [0.29, 0.717) is 13.1 Å². The summed E-state index contributed by atoms with van der Waals surface area (Å²) in [6.07, 6.45) is 0. The molecule has 3 amide bonds. The average Bonchev–Trinajstić information content (AvgIpc) is 2.96. The Morgan fingerprint density at radius 1 is 1.08 bits per heavy atom. The van der Waals surface area contributed by atoms with Crippen molar-refractivity contribution in [2.75, 3.05) is 24.5 Å². The van der Waals surface area contributed by atoms with Gasteiger partial charge in [0, 0.05) is 18.8 Å². The van der Waals surface area contributed by atoms with Crippen LogP contribution in [0.4, 0.5) is 10.5 Å². The molecule has 1 aliphatic heterocycles. The molecule has 0 spiro atoms. The second kappa shape index (κ2) is 7.38. The van der Waals surface area contributed by atoms with Gasteiger partial charge in [-0.25, -0.2) is 4.79 Å². The van der Waals surface area contributed by atoms with E-state index in [1.807, 2.05) is 68.4 Å². The van der Waals surface area contributed by atoms with Gasteiger partial charge < -0.3 is 10.2 Å². The van der Waals surface area contributed by atoms with Gasteiger partial charge in [-0.15, -0.1) is 0 Å². The molecule has 130 valence electrons. The number of carbonyl (C=O) groups excluding carboxylic acids is 2. The van der Waals surface area contributed by atoms with Crippen LogP contribution in [-0.4, -0.2) is 36.5 Å². The molecule has 5 nitrogen and oxygen atoms in total. The van der Waals surface area contributed by atoms with E-state index in [9.17, 15) is 9.59 Å². The maximum atomic E-state index is 12.5. The fraction of sp³-hybridized carbons (Fsp3) is 0.300. The minimum absolute atomic E-state index is 0.0817. The number of anilines is 1. The molecule has 2 aromatic rings. The van der Waals surface area contributed by atoms with Crippen LogP contribution in [0.2, 0.25) is 0 Å². The van der Waals surface area contributed by atoms with Gasteiger partial charge in [-0.3, -0.25) is 9.69 Å². The Kier molecular flexibility index (Phi) is 5.03. The molecule has 1 aliphatic rings. The highest BCUT2D eigenvalue weighted by atomic mass is 16.2. The second-order valence-corrected chi connectivity index (χ2v) is 6.39. The van der Waals surface area contributed by atoms with Gasteiger partial charge in [0.15, 0.2) is 0 Å². The van der Waals surface area contributed by atoms with Gasteiger partial charge in [0.2, 0.25) is 5.91 Å². The van der Waals surface area contributed by atoms with Gasteiger partial charge in [-0.1, -0.05) is 48.0 Å². The smallest absolute Gasteiger partial charge is 0.325 e. The maximum absolute atomic E-state index is 12.5. The third kappa shape index (κ3) is 3.99. The summed E-state index contributed by atoms with van der Waals surface area (Å²) in [5.41, 5.74) is 3.10. The largest absolute Gasteiger partial charge is 0.348 e. The number of hydrogen-bond acceptors (Lipinski definition) is 2. The molecule has 5 heteroatoms. The Balaban J connectivity index is 1.56. The lowest BCUT2D eigenvalue weighted by Gasteiger charge is -2.20. The number of urea groups is 1.